The first kappa shape index (κ1) is 17.4. The molecule has 1 amide bonds. The maximum Gasteiger partial charge on any atom is 0.270 e. The highest BCUT2D eigenvalue weighted by molar-refractivity contribution is 6.30. The third-order valence-electron chi connectivity index (χ3n) is 2.89. The molecule has 2 aromatic rings. The molecule has 2 aromatic carbocycles. The fourth-order valence-electron chi connectivity index (χ4n) is 1.80. The molecule has 124 valence electrons. The molecule has 0 radical (unpaired) electrons. The summed E-state index contributed by atoms with van der Waals surface area (Å²) in [6, 6.07) is 7.02. The molecule has 24 heavy (non-hydrogen) atoms. The van der Waals surface area contributed by atoms with Gasteiger partial charge < -0.3 is 10.1 Å². The Kier molecular flexibility index (Phi) is 5.43. The van der Waals surface area contributed by atoms with Crippen molar-refractivity contribution >= 4 is 35.2 Å². The minimum atomic E-state index is -0.689. The first-order valence-electron chi connectivity index (χ1n) is 6.52. The van der Waals surface area contributed by atoms with Crippen molar-refractivity contribution < 1.29 is 23.6 Å². The molecule has 0 aromatic heterocycles. The van der Waals surface area contributed by atoms with E-state index in [0.29, 0.717) is 6.29 Å². The lowest BCUT2D eigenvalue weighted by molar-refractivity contribution is -0.384. The summed E-state index contributed by atoms with van der Waals surface area (Å²) in [7, 11) is 0. The molecule has 0 aliphatic rings. The van der Waals surface area contributed by atoms with Crippen molar-refractivity contribution in [1.82, 2.24) is 0 Å². The molecular formula is C15H10ClFN2O5. The molecule has 1 N–H and O–H groups in total. The molecule has 0 bridgehead atoms. The van der Waals surface area contributed by atoms with Crippen molar-refractivity contribution in [3.05, 3.63) is 62.9 Å². The molecule has 0 fully saturated rings. The van der Waals surface area contributed by atoms with E-state index in [1.807, 2.05) is 0 Å². The molecule has 0 aliphatic heterocycles. The van der Waals surface area contributed by atoms with Crippen LogP contribution < -0.4 is 10.1 Å². The number of carbonyl (C=O) groups is 2. The van der Waals surface area contributed by atoms with E-state index in [1.165, 1.54) is 18.2 Å². The molecule has 0 unspecified atom stereocenters. The van der Waals surface area contributed by atoms with Crippen molar-refractivity contribution in [2.75, 3.05) is 11.9 Å². The highest BCUT2D eigenvalue weighted by Gasteiger charge is 2.13. The Hall–Kier alpha value is -3.00. The molecule has 0 heterocycles. The summed E-state index contributed by atoms with van der Waals surface area (Å²) in [5.41, 5.74) is -0.476. The SMILES string of the molecule is O=Cc1cc([N+](=O)[O-])ccc1OCC(=O)Nc1cc(Cl)ccc1F. The summed E-state index contributed by atoms with van der Waals surface area (Å²) in [4.78, 5) is 32.7. The van der Waals surface area contributed by atoms with E-state index in [2.05, 4.69) is 5.32 Å². The standard InChI is InChI=1S/C15H10ClFN2O5/c16-10-1-3-12(17)13(6-10)18-15(21)8-24-14-4-2-11(19(22)23)5-9(14)7-20/h1-7H,8H2,(H,18,21). The van der Waals surface area contributed by atoms with Gasteiger partial charge >= 0.3 is 0 Å². The number of anilines is 1. The van der Waals surface area contributed by atoms with Crippen LogP contribution in [0, 0.1) is 15.9 Å². The smallest absolute Gasteiger partial charge is 0.270 e. The second kappa shape index (κ2) is 7.51. The summed E-state index contributed by atoms with van der Waals surface area (Å²) < 4.78 is 18.7. The number of nitro groups is 1. The summed E-state index contributed by atoms with van der Waals surface area (Å²) in [6.45, 7) is -0.523. The fraction of sp³-hybridized carbons (Fsp3) is 0.0667. The van der Waals surface area contributed by atoms with Crippen LogP contribution in [0.4, 0.5) is 15.8 Å². The average molecular weight is 353 g/mol. The lowest BCUT2D eigenvalue weighted by Gasteiger charge is -2.09. The third kappa shape index (κ3) is 4.26. The van der Waals surface area contributed by atoms with E-state index in [0.717, 1.165) is 18.2 Å². The number of halogens is 2. The van der Waals surface area contributed by atoms with E-state index in [-0.39, 0.29) is 27.7 Å². The van der Waals surface area contributed by atoms with E-state index in [4.69, 9.17) is 16.3 Å². The van der Waals surface area contributed by atoms with Crippen LogP contribution in [0.1, 0.15) is 10.4 Å². The van der Waals surface area contributed by atoms with Crippen molar-refractivity contribution in [2.24, 2.45) is 0 Å². The number of ether oxygens (including phenoxy) is 1. The van der Waals surface area contributed by atoms with Gasteiger partial charge in [-0.25, -0.2) is 4.39 Å². The van der Waals surface area contributed by atoms with Crippen molar-refractivity contribution in [3.63, 3.8) is 0 Å². The van der Waals surface area contributed by atoms with Gasteiger partial charge in [0.1, 0.15) is 11.6 Å². The Morgan fingerprint density at radius 3 is 2.75 bits per heavy atom. The van der Waals surface area contributed by atoms with Gasteiger partial charge in [0, 0.05) is 17.2 Å². The van der Waals surface area contributed by atoms with Gasteiger partial charge in [-0.1, -0.05) is 11.6 Å². The minimum absolute atomic E-state index is 0.00249. The van der Waals surface area contributed by atoms with E-state index in [1.54, 1.807) is 0 Å². The fourth-order valence-corrected chi connectivity index (χ4v) is 1.97. The third-order valence-corrected chi connectivity index (χ3v) is 3.13. The number of nitrogens with one attached hydrogen (secondary N) is 1. The van der Waals surface area contributed by atoms with Gasteiger partial charge in [-0.15, -0.1) is 0 Å². The largest absolute Gasteiger partial charge is 0.483 e. The predicted octanol–water partition coefficient (Wildman–Crippen LogP) is 3.22. The van der Waals surface area contributed by atoms with Gasteiger partial charge in [-0.05, 0) is 24.3 Å². The van der Waals surface area contributed by atoms with Crippen LogP contribution >= 0.6 is 11.6 Å². The Morgan fingerprint density at radius 1 is 1.33 bits per heavy atom. The molecule has 0 saturated heterocycles. The van der Waals surface area contributed by atoms with Gasteiger partial charge in [0.15, 0.2) is 12.9 Å². The quantitative estimate of drug-likeness (QED) is 0.489. The predicted molar refractivity (Wildman–Crippen MR) is 84.0 cm³/mol. The number of nitro benzene ring substituents is 1. The Bertz CT molecular complexity index is 812. The Morgan fingerprint density at radius 2 is 2.08 bits per heavy atom. The first-order valence-corrected chi connectivity index (χ1v) is 6.90. The average Bonchev–Trinajstić information content (AvgIpc) is 2.56. The highest BCUT2D eigenvalue weighted by Crippen LogP contribution is 2.23. The number of benzene rings is 2. The minimum Gasteiger partial charge on any atom is -0.483 e. The maximum absolute atomic E-state index is 13.5. The number of amides is 1. The lowest BCUT2D eigenvalue weighted by Crippen LogP contribution is -2.21. The van der Waals surface area contributed by atoms with Crippen molar-refractivity contribution in [3.8, 4) is 5.75 Å². The molecule has 7 nitrogen and oxygen atoms in total. The maximum atomic E-state index is 13.5. The second-order valence-electron chi connectivity index (χ2n) is 4.56. The van der Waals surface area contributed by atoms with Crippen LogP contribution in [0.15, 0.2) is 36.4 Å². The molecule has 2 rings (SSSR count). The number of nitrogens with zero attached hydrogens (tertiary/aromatic N) is 1. The monoisotopic (exact) mass is 352 g/mol. The number of hydrogen-bond donors (Lipinski definition) is 1. The number of aldehydes is 1. The van der Waals surface area contributed by atoms with E-state index in [9.17, 15) is 24.1 Å². The summed E-state index contributed by atoms with van der Waals surface area (Å²) >= 11 is 5.71. The van der Waals surface area contributed by atoms with E-state index < -0.39 is 23.3 Å². The van der Waals surface area contributed by atoms with Gasteiger partial charge in [0.2, 0.25) is 0 Å². The van der Waals surface area contributed by atoms with Crippen LogP contribution in [0.3, 0.4) is 0 Å². The topological polar surface area (TPSA) is 98.5 Å². The highest BCUT2D eigenvalue weighted by atomic mass is 35.5. The molecule has 9 heteroatoms. The van der Waals surface area contributed by atoms with Crippen LogP contribution in [0.2, 0.25) is 5.02 Å². The summed E-state index contributed by atoms with van der Waals surface area (Å²) in [5.74, 6) is -1.36. The van der Waals surface area contributed by atoms with Gasteiger partial charge in [-0.2, -0.15) is 0 Å². The lowest BCUT2D eigenvalue weighted by atomic mass is 10.2. The van der Waals surface area contributed by atoms with Crippen LogP contribution in [0.5, 0.6) is 5.75 Å². The Labute approximate surface area is 140 Å². The first-order chi connectivity index (χ1) is 11.4. The van der Waals surface area contributed by atoms with Crippen LogP contribution in [-0.2, 0) is 4.79 Å². The van der Waals surface area contributed by atoms with Crippen LogP contribution in [-0.4, -0.2) is 23.7 Å². The molecule has 0 aliphatic carbocycles. The zero-order chi connectivity index (χ0) is 17.7. The zero-order valence-corrected chi connectivity index (χ0v) is 12.7. The molecule has 0 atom stereocenters. The molecule has 0 saturated carbocycles. The van der Waals surface area contributed by atoms with Crippen LogP contribution in [0.25, 0.3) is 0 Å². The number of hydrogen-bond acceptors (Lipinski definition) is 5. The van der Waals surface area contributed by atoms with E-state index >= 15 is 0 Å². The summed E-state index contributed by atoms with van der Waals surface area (Å²) in [6.07, 6.45) is 0.372. The Balaban J connectivity index is 2.05. The number of rotatable bonds is 6. The van der Waals surface area contributed by atoms with Gasteiger partial charge in [0.05, 0.1) is 16.2 Å². The number of carbonyl (C=O) groups excluding carboxylic acids is 2. The van der Waals surface area contributed by atoms with Gasteiger partial charge in [-0.3, -0.25) is 19.7 Å². The normalized spacial score (nSPS) is 10.1. The summed E-state index contributed by atoms with van der Waals surface area (Å²) in [5, 5.41) is 13.2. The van der Waals surface area contributed by atoms with Gasteiger partial charge in [0.25, 0.3) is 11.6 Å². The van der Waals surface area contributed by atoms with Crippen molar-refractivity contribution in [1.29, 1.82) is 0 Å². The molecule has 0 spiro atoms. The van der Waals surface area contributed by atoms with Crippen molar-refractivity contribution in [2.45, 2.75) is 0 Å². The zero-order valence-electron chi connectivity index (χ0n) is 12.0. The molecular weight excluding hydrogens is 343 g/mol. The number of non-ortho nitro benzene ring substituents is 1. The second-order valence-corrected chi connectivity index (χ2v) is 4.99.